The first-order valence-electron chi connectivity index (χ1n) is 6.97. The van der Waals surface area contributed by atoms with E-state index in [9.17, 15) is 8.78 Å². The van der Waals surface area contributed by atoms with Crippen LogP contribution >= 0.6 is 0 Å². The van der Waals surface area contributed by atoms with Gasteiger partial charge in [-0.1, -0.05) is 19.9 Å². The average Bonchev–Trinajstić information content (AvgIpc) is 2.81. The molecule has 0 radical (unpaired) electrons. The van der Waals surface area contributed by atoms with Gasteiger partial charge in [0.25, 0.3) is 0 Å². The van der Waals surface area contributed by atoms with Gasteiger partial charge in [0.05, 0.1) is 0 Å². The van der Waals surface area contributed by atoms with E-state index < -0.39 is 17.7 Å². The Bertz CT molecular complexity index is 622. The lowest BCUT2D eigenvalue weighted by Gasteiger charge is -2.16. The Morgan fingerprint density at radius 3 is 2.67 bits per heavy atom. The van der Waals surface area contributed by atoms with Gasteiger partial charge >= 0.3 is 0 Å². The highest BCUT2D eigenvalue weighted by molar-refractivity contribution is 5.29. The third-order valence-electron chi connectivity index (χ3n) is 3.33. The summed E-state index contributed by atoms with van der Waals surface area (Å²) in [7, 11) is 0. The molecule has 1 unspecified atom stereocenters. The fraction of sp³-hybridized carbons (Fsp3) is 0.467. The molecule has 2 rings (SSSR count). The number of aromatic nitrogens is 3. The first-order chi connectivity index (χ1) is 9.90. The second-order valence-electron chi connectivity index (χ2n) is 5.65. The molecule has 0 fully saturated rings. The maximum absolute atomic E-state index is 14.1. The smallest absolute Gasteiger partial charge is 0.138 e. The number of nitrogens with zero attached hydrogens (tertiary/aromatic N) is 3. The molecular weight excluding hydrogens is 274 g/mol. The first kappa shape index (κ1) is 15.6. The van der Waals surface area contributed by atoms with Crippen LogP contribution in [0.4, 0.5) is 8.78 Å². The van der Waals surface area contributed by atoms with Gasteiger partial charge in [0.1, 0.15) is 23.8 Å². The summed E-state index contributed by atoms with van der Waals surface area (Å²) >= 11 is 0. The largest absolute Gasteiger partial charge is 0.323 e. The van der Waals surface area contributed by atoms with Gasteiger partial charge in [-0.15, -0.1) is 0 Å². The van der Waals surface area contributed by atoms with Crippen LogP contribution in [0.15, 0.2) is 18.5 Å². The Hall–Kier alpha value is -1.82. The van der Waals surface area contributed by atoms with Crippen molar-refractivity contribution in [3.63, 3.8) is 0 Å². The molecule has 4 nitrogen and oxygen atoms in total. The second kappa shape index (κ2) is 6.30. The zero-order valence-electron chi connectivity index (χ0n) is 12.5. The van der Waals surface area contributed by atoms with E-state index in [4.69, 9.17) is 5.73 Å². The summed E-state index contributed by atoms with van der Waals surface area (Å²) in [6.45, 7) is 6.41. The van der Waals surface area contributed by atoms with Crippen molar-refractivity contribution < 1.29 is 8.78 Å². The number of nitrogens with two attached hydrogens (primary N) is 1. The van der Waals surface area contributed by atoms with E-state index in [1.165, 1.54) is 18.5 Å². The molecule has 2 aromatic rings. The van der Waals surface area contributed by atoms with E-state index in [0.29, 0.717) is 23.9 Å². The Balaban J connectivity index is 2.25. The quantitative estimate of drug-likeness (QED) is 0.922. The van der Waals surface area contributed by atoms with Crippen LogP contribution in [0.25, 0.3) is 0 Å². The summed E-state index contributed by atoms with van der Waals surface area (Å²) in [6, 6.07) is 1.86. The normalized spacial score (nSPS) is 12.9. The molecule has 0 aliphatic rings. The van der Waals surface area contributed by atoms with Gasteiger partial charge < -0.3 is 5.73 Å². The minimum atomic E-state index is -0.792. The number of benzene rings is 1. The molecule has 6 heteroatoms. The van der Waals surface area contributed by atoms with Crippen LogP contribution in [0.3, 0.4) is 0 Å². The molecule has 1 heterocycles. The van der Waals surface area contributed by atoms with Crippen molar-refractivity contribution in [2.75, 3.05) is 0 Å². The van der Waals surface area contributed by atoms with Crippen molar-refractivity contribution in [3.05, 3.63) is 47.0 Å². The Morgan fingerprint density at radius 2 is 2.00 bits per heavy atom. The highest BCUT2D eigenvalue weighted by Crippen LogP contribution is 2.24. The van der Waals surface area contributed by atoms with Crippen LogP contribution in [0.2, 0.25) is 0 Å². The zero-order chi connectivity index (χ0) is 15.6. The molecule has 0 saturated carbocycles. The minimum absolute atomic E-state index is 0.0888. The predicted octanol–water partition coefficient (Wildman–Crippen LogP) is 2.76. The van der Waals surface area contributed by atoms with Gasteiger partial charge in [0, 0.05) is 24.6 Å². The Kier molecular flexibility index (Phi) is 4.67. The number of hydrogen-bond donors (Lipinski definition) is 1. The van der Waals surface area contributed by atoms with E-state index in [1.54, 1.807) is 11.6 Å². The third-order valence-corrected chi connectivity index (χ3v) is 3.33. The van der Waals surface area contributed by atoms with Gasteiger partial charge in [0.2, 0.25) is 0 Å². The van der Waals surface area contributed by atoms with E-state index in [2.05, 4.69) is 23.9 Å². The van der Waals surface area contributed by atoms with Crippen molar-refractivity contribution >= 4 is 0 Å². The first-order valence-corrected chi connectivity index (χ1v) is 6.97. The fourth-order valence-electron chi connectivity index (χ4n) is 2.26. The molecule has 0 bridgehead atoms. The zero-order valence-corrected chi connectivity index (χ0v) is 12.5. The van der Waals surface area contributed by atoms with Crippen LogP contribution in [-0.4, -0.2) is 14.8 Å². The van der Waals surface area contributed by atoms with Crippen LogP contribution in [0.1, 0.15) is 36.8 Å². The molecule has 1 atom stereocenters. The van der Waals surface area contributed by atoms with Crippen LogP contribution in [-0.2, 0) is 13.0 Å². The van der Waals surface area contributed by atoms with Crippen molar-refractivity contribution in [2.24, 2.45) is 11.7 Å². The summed E-state index contributed by atoms with van der Waals surface area (Å²) in [5.41, 5.74) is 6.29. The number of aryl methyl sites for hydroxylation is 1. The lowest BCUT2D eigenvalue weighted by molar-refractivity contribution is 0.453. The molecule has 0 aliphatic carbocycles. The van der Waals surface area contributed by atoms with Crippen molar-refractivity contribution in [1.29, 1.82) is 0 Å². The molecule has 0 aliphatic heterocycles. The van der Waals surface area contributed by atoms with Crippen molar-refractivity contribution in [2.45, 2.75) is 39.8 Å². The predicted molar refractivity (Wildman–Crippen MR) is 76.6 cm³/mol. The highest BCUT2D eigenvalue weighted by atomic mass is 19.1. The summed E-state index contributed by atoms with van der Waals surface area (Å²) in [4.78, 5) is 4.14. The van der Waals surface area contributed by atoms with Crippen molar-refractivity contribution in [1.82, 2.24) is 14.8 Å². The van der Waals surface area contributed by atoms with Crippen LogP contribution < -0.4 is 5.73 Å². The molecule has 21 heavy (non-hydrogen) atoms. The number of rotatable bonds is 5. The van der Waals surface area contributed by atoms with E-state index in [1.807, 2.05) is 0 Å². The SMILES string of the molecule is Cc1ccc(F)c(C(N)Cc2ncnn2CC(C)C)c1F. The summed E-state index contributed by atoms with van der Waals surface area (Å²) < 4.78 is 29.7. The minimum Gasteiger partial charge on any atom is -0.323 e. The van der Waals surface area contributed by atoms with E-state index in [0.717, 1.165) is 0 Å². The fourth-order valence-corrected chi connectivity index (χ4v) is 2.26. The average molecular weight is 294 g/mol. The maximum Gasteiger partial charge on any atom is 0.138 e. The van der Waals surface area contributed by atoms with Gasteiger partial charge in [-0.3, -0.25) is 0 Å². The second-order valence-corrected chi connectivity index (χ2v) is 5.65. The summed E-state index contributed by atoms with van der Waals surface area (Å²) in [5.74, 6) is -0.177. The molecule has 0 amide bonds. The standard InChI is InChI=1S/C15H20F2N4/c1-9(2)7-21-13(19-8-20-21)6-12(18)14-11(16)5-4-10(3)15(14)17/h4-5,8-9,12H,6-7,18H2,1-3H3. The van der Waals surface area contributed by atoms with Crippen molar-refractivity contribution in [3.8, 4) is 0 Å². The van der Waals surface area contributed by atoms with Crippen LogP contribution in [0.5, 0.6) is 0 Å². The number of hydrogen-bond acceptors (Lipinski definition) is 3. The molecule has 114 valence electrons. The van der Waals surface area contributed by atoms with Gasteiger partial charge in [0.15, 0.2) is 0 Å². The Morgan fingerprint density at radius 1 is 1.29 bits per heavy atom. The topological polar surface area (TPSA) is 56.7 Å². The maximum atomic E-state index is 14.1. The highest BCUT2D eigenvalue weighted by Gasteiger charge is 2.21. The summed E-state index contributed by atoms with van der Waals surface area (Å²) in [6.07, 6.45) is 1.68. The van der Waals surface area contributed by atoms with Gasteiger partial charge in [-0.25, -0.2) is 18.4 Å². The molecule has 0 spiro atoms. The molecular formula is C15H20F2N4. The monoisotopic (exact) mass is 294 g/mol. The third kappa shape index (κ3) is 3.44. The van der Waals surface area contributed by atoms with E-state index >= 15 is 0 Å². The van der Waals surface area contributed by atoms with Gasteiger partial charge in [-0.05, 0) is 24.5 Å². The lowest BCUT2D eigenvalue weighted by atomic mass is 10.0. The Labute approximate surface area is 123 Å². The summed E-state index contributed by atoms with van der Waals surface area (Å²) in [5, 5.41) is 4.13. The molecule has 1 aromatic heterocycles. The van der Waals surface area contributed by atoms with E-state index in [-0.39, 0.29) is 12.0 Å². The molecule has 0 saturated heterocycles. The molecule has 1 aromatic carbocycles. The lowest BCUT2D eigenvalue weighted by Crippen LogP contribution is -2.21. The van der Waals surface area contributed by atoms with Gasteiger partial charge in [-0.2, -0.15) is 5.10 Å². The molecule has 2 N–H and O–H groups in total. The number of halogens is 2. The van der Waals surface area contributed by atoms with Crippen LogP contribution in [0, 0.1) is 24.5 Å².